The topological polar surface area (TPSA) is 74.3 Å². The molecule has 1 aliphatic heterocycles. The average Bonchev–Trinajstić information content (AvgIpc) is 2.57. The number of aliphatic hydroxyl groups is 1. The van der Waals surface area contributed by atoms with Gasteiger partial charge in [-0.1, -0.05) is 0 Å². The van der Waals surface area contributed by atoms with E-state index in [1.807, 2.05) is 14.1 Å². The van der Waals surface area contributed by atoms with Gasteiger partial charge in [-0.2, -0.15) is 0 Å². The predicted octanol–water partition coefficient (Wildman–Crippen LogP) is 1.21. The van der Waals surface area contributed by atoms with Crippen LogP contribution in [-0.2, 0) is 6.54 Å². The van der Waals surface area contributed by atoms with E-state index in [0.29, 0.717) is 30.2 Å². The Morgan fingerprint density at radius 1 is 1.33 bits per heavy atom. The van der Waals surface area contributed by atoms with Crippen molar-refractivity contribution in [3.05, 3.63) is 23.3 Å². The lowest BCUT2D eigenvalue weighted by molar-refractivity contribution is 0.101. The summed E-state index contributed by atoms with van der Waals surface area (Å²) in [7, 11) is 7.15. The smallest absolute Gasteiger partial charge is 0.317 e. The molecule has 2 N–H and O–H groups in total. The van der Waals surface area contributed by atoms with Gasteiger partial charge in [0.25, 0.3) is 0 Å². The molecule has 1 atom stereocenters. The predicted molar refractivity (Wildman–Crippen MR) is 91.5 cm³/mol. The monoisotopic (exact) mass is 337 g/mol. The van der Waals surface area contributed by atoms with Gasteiger partial charge in [0.2, 0.25) is 0 Å². The summed E-state index contributed by atoms with van der Waals surface area (Å²) in [6.07, 6.45) is 0.0781. The molecule has 0 radical (unpaired) electrons. The first-order valence-electron chi connectivity index (χ1n) is 8.07. The summed E-state index contributed by atoms with van der Waals surface area (Å²) in [5.74, 6) is 1.26. The van der Waals surface area contributed by atoms with E-state index in [1.165, 1.54) is 0 Å². The van der Waals surface area contributed by atoms with Gasteiger partial charge < -0.3 is 29.7 Å². The fourth-order valence-corrected chi connectivity index (χ4v) is 2.93. The number of methoxy groups -OCH3 is 2. The van der Waals surface area contributed by atoms with Gasteiger partial charge in [-0.05, 0) is 39.2 Å². The summed E-state index contributed by atoms with van der Waals surface area (Å²) < 4.78 is 10.7. The van der Waals surface area contributed by atoms with Crippen molar-refractivity contribution in [1.29, 1.82) is 0 Å². The summed E-state index contributed by atoms with van der Waals surface area (Å²) in [6.45, 7) is 2.13. The highest BCUT2D eigenvalue weighted by molar-refractivity contribution is 5.75. The highest BCUT2D eigenvalue weighted by Gasteiger charge is 2.31. The summed E-state index contributed by atoms with van der Waals surface area (Å²) in [5.41, 5.74) is 1.49. The number of carbonyl (C=O) groups excluding carboxylic acids is 1. The second-order valence-electron chi connectivity index (χ2n) is 6.15. The van der Waals surface area contributed by atoms with Crippen molar-refractivity contribution in [3.63, 3.8) is 0 Å². The number of urea groups is 1. The van der Waals surface area contributed by atoms with Crippen molar-refractivity contribution in [2.75, 3.05) is 47.9 Å². The van der Waals surface area contributed by atoms with Gasteiger partial charge in [-0.15, -0.1) is 0 Å². The number of nitrogens with one attached hydrogen (secondary N) is 1. The number of hydrogen-bond donors (Lipinski definition) is 2. The molecule has 0 bridgehead atoms. The van der Waals surface area contributed by atoms with Crippen LogP contribution in [0, 0.1) is 0 Å². The van der Waals surface area contributed by atoms with Crippen LogP contribution in [0.2, 0.25) is 0 Å². The molecule has 1 unspecified atom stereocenters. The second-order valence-corrected chi connectivity index (χ2v) is 6.15. The first-order chi connectivity index (χ1) is 11.5. The Hall–Kier alpha value is -1.99. The molecule has 7 nitrogen and oxygen atoms in total. The van der Waals surface area contributed by atoms with E-state index in [2.05, 4.69) is 10.2 Å². The number of hydrogen-bond acceptors (Lipinski definition) is 5. The lowest BCUT2D eigenvalue weighted by Gasteiger charge is -2.34. The summed E-state index contributed by atoms with van der Waals surface area (Å²) >= 11 is 0. The van der Waals surface area contributed by atoms with E-state index in [-0.39, 0.29) is 12.6 Å². The largest absolute Gasteiger partial charge is 0.496 e. The molecule has 2 rings (SSSR count). The maximum atomic E-state index is 12.4. The Bertz CT molecular complexity index is 577. The van der Waals surface area contributed by atoms with Crippen LogP contribution < -0.4 is 14.8 Å². The third kappa shape index (κ3) is 4.10. The number of aliphatic hydroxyl groups excluding tert-OH is 1. The summed E-state index contributed by atoms with van der Waals surface area (Å²) in [4.78, 5) is 16.0. The lowest BCUT2D eigenvalue weighted by Crippen LogP contribution is -2.44. The Labute approximate surface area is 143 Å². The molecule has 1 aromatic rings. The second kappa shape index (κ2) is 8.21. The molecule has 0 fully saturated rings. The van der Waals surface area contributed by atoms with Crippen LogP contribution >= 0.6 is 0 Å². The highest BCUT2D eigenvalue weighted by Crippen LogP contribution is 2.39. The third-order valence-corrected chi connectivity index (χ3v) is 4.13. The molecule has 1 aliphatic rings. The van der Waals surface area contributed by atoms with Crippen LogP contribution in [0.25, 0.3) is 0 Å². The molecule has 134 valence electrons. The molecule has 7 heteroatoms. The van der Waals surface area contributed by atoms with Gasteiger partial charge >= 0.3 is 6.03 Å². The Morgan fingerprint density at radius 3 is 2.62 bits per heavy atom. The maximum absolute atomic E-state index is 12.4. The Kier molecular flexibility index (Phi) is 6.28. The van der Waals surface area contributed by atoms with E-state index in [1.54, 1.807) is 31.3 Å². The number of ether oxygens (including phenoxy) is 2. The van der Waals surface area contributed by atoms with E-state index in [4.69, 9.17) is 9.47 Å². The van der Waals surface area contributed by atoms with Gasteiger partial charge in [0.05, 0.1) is 27.3 Å². The Balaban J connectivity index is 2.09. The van der Waals surface area contributed by atoms with E-state index < -0.39 is 6.10 Å². The van der Waals surface area contributed by atoms with Gasteiger partial charge in [-0.3, -0.25) is 0 Å². The van der Waals surface area contributed by atoms with Crippen molar-refractivity contribution in [2.24, 2.45) is 0 Å². The molecule has 1 heterocycles. The SMILES string of the molecule is COc1ccc(OC)c2c1CN(C(=O)NCCCN(C)C)CC2O. The summed E-state index contributed by atoms with van der Waals surface area (Å²) in [5, 5.41) is 13.4. The molecule has 0 aromatic heterocycles. The fraction of sp³-hybridized carbons (Fsp3) is 0.588. The van der Waals surface area contributed by atoms with Crippen molar-refractivity contribution >= 4 is 6.03 Å². The zero-order chi connectivity index (χ0) is 17.7. The van der Waals surface area contributed by atoms with E-state index in [0.717, 1.165) is 18.5 Å². The quantitative estimate of drug-likeness (QED) is 0.764. The van der Waals surface area contributed by atoms with Gasteiger partial charge in [0.1, 0.15) is 17.6 Å². The molecule has 24 heavy (non-hydrogen) atoms. The fourth-order valence-electron chi connectivity index (χ4n) is 2.93. The number of rotatable bonds is 6. The van der Waals surface area contributed by atoms with Crippen LogP contribution in [0.1, 0.15) is 23.7 Å². The minimum Gasteiger partial charge on any atom is -0.496 e. The molecule has 0 spiro atoms. The summed E-state index contributed by atoms with van der Waals surface area (Å²) in [6, 6.07) is 3.39. The highest BCUT2D eigenvalue weighted by atomic mass is 16.5. The van der Waals surface area contributed by atoms with Crippen LogP contribution in [0.5, 0.6) is 11.5 Å². The average molecular weight is 337 g/mol. The van der Waals surface area contributed by atoms with E-state index >= 15 is 0 Å². The molecule has 1 aromatic carbocycles. The first-order valence-corrected chi connectivity index (χ1v) is 8.07. The van der Waals surface area contributed by atoms with E-state index in [9.17, 15) is 9.90 Å². The minimum atomic E-state index is -0.800. The van der Waals surface area contributed by atoms with Gasteiger partial charge in [0.15, 0.2) is 0 Å². The first kappa shape index (κ1) is 18.4. The molecule has 0 saturated carbocycles. The van der Waals surface area contributed by atoms with Gasteiger partial charge in [-0.25, -0.2) is 4.79 Å². The molecular weight excluding hydrogens is 310 g/mol. The number of carbonyl (C=O) groups is 1. The van der Waals surface area contributed by atoms with Crippen LogP contribution in [0.3, 0.4) is 0 Å². The zero-order valence-electron chi connectivity index (χ0n) is 14.8. The van der Waals surface area contributed by atoms with Crippen molar-refractivity contribution in [3.8, 4) is 11.5 Å². The number of nitrogens with zero attached hydrogens (tertiary/aromatic N) is 2. The number of β-amino-alcohol motifs (C(OH)–C–C–N with tert-alkyl or cyclic N) is 1. The number of fused-ring (bicyclic) bond motifs is 1. The zero-order valence-corrected chi connectivity index (χ0v) is 14.8. The normalized spacial score (nSPS) is 16.8. The van der Waals surface area contributed by atoms with Crippen LogP contribution in [0.4, 0.5) is 4.79 Å². The third-order valence-electron chi connectivity index (χ3n) is 4.13. The van der Waals surface area contributed by atoms with Crippen molar-refractivity contribution < 1.29 is 19.4 Å². The standard InChI is InChI=1S/C17H27N3O4/c1-19(2)9-5-8-18-17(22)20-10-12-14(23-3)6-7-15(24-4)16(12)13(21)11-20/h6-7,13,21H,5,8-11H2,1-4H3,(H,18,22). The van der Waals surface area contributed by atoms with Crippen molar-refractivity contribution in [1.82, 2.24) is 15.1 Å². The minimum absolute atomic E-state index is 0.177. The van der Waals surface area contributed by atoms with Gasteiger partial charge in [0, 0.05) is 17.7 Å². The van der Waals surface area contributed by atoms with Crippen LogP contribution in [-0.4, -0.2) is 68.9 Å². The number of amides is 2. The van der Waals surface area contributed by atoms with Crippen molar-refractivity contribution in [2.45, 2.75) is 19.1 Å². The molecular formula is C17H27N3O4. The maximum Gasteiger partial charge on any atom is 0.317 e. The Morgan fingerprint density at radius 2 is 2.00 bits per heavy atom. The molecule has 2 amide bonds. The number of benzene rings is 1. The molecule has 0 aliphatic carbocycles. The lowest BCUT2D eigenvalue weighted by atomic mass is 9.95. The molecule has 0 saturated heterocycles. The van der Waals surface area contributed by atoms with Crippen LogP contribution in [0.15, 0.2) is 12.1 Å².